The third-order valence-corrected chi connectivity index (χ3v) is 3.90. The molecule has 116 valence electrons. The SMILES string of the molecule is CCOc1c(Cl)cc(C(C)CC)cc1CC(N)CC.Cl. The van der Waals surface area contributed by atoms with Gasteiger partial charge >= 0.3 is 0 Å². The largest absolute Gasteiger partial charge is 0.492 e. The highest BCUT2D eigenvalue weighted by Crippen LogP contribution is 2.34. The van der Waals surface area contributed by atoms with Crippen LogP contribution >= 0.6 is 24.0 Å². The summed E-state index contributed by atoms with van der Waals surface area (Å²) in [6, 6.07) is 4.39. The van der Waals surface area contributed by atoms with Crippen molar-refractivity contribution >= 4 is 24.0 Å². The molecule has 0 radical (unpaired) electrons. The maximum atomic E-state index is 6.38. The first-order valence-corrected chi connectivity index (χ1v) is 7.61. The molecule has 20 heavy (non-hydrogen) atoms. The fourth-order valence-corrected chi connectivity index (χ4v) is 2.38. The molecule has 0 spiro atoms. The molecule has 0 fully saturated rings. The van der Waals surface area contributed by atoms with E-state index in [1.54, 1.807) is 0 Å². The molecule has 0 saturated carbocycles. The molecule has 1 rings (SSSR count). The molecule has 1 aromatic rings. The predicted octanol–water partition coefficient (Wildman–Crippen LogP) is 4.95. The Hall–Kier alpha value is -0.440. The molecule has 0 aliphatic rings. The Balaban J connectivity index is 0.00000361. The Bertz CT molecular complexity index is 410. The summed E-state index contributed by atoms with van der Waals surface area (Å²) in [5.41, 5.74) is 8.49. The number of benzene rings is 1. The predicted molar refractivity (Wildman–Crippen MR) is 90.5 cm³/mol. The fraction of sp³-hybridized carbons (Fsp3) is 0.625. The second kappa shape index (κ2) is 9.49. The van der Waals surface area contributed by atoms with Gasteiger partial charge in [0.1, 0.15) is 5.75 Å². The van der Waals surface area contributed by atoms with Gasteiger partial charge in [0.15, 0.2) is 0 Å². The number of rotatable bonds is 7. The van der Waals surface area contributed by atoms with Gasteiger partial charge in [-0.15, -0.1) is 12.4 Å². The van der Waals surface area contributed by atoms with E-state index in [0.717, 1.165) is 30.6 Å². The monoisotopic (exact) mass is 319 g/mol. The zero-order valence-electron chi connectivity index (χ0n) is 12.9. The van der Waals surface area contributed by atoms with Crippen LogP contribution in [0.2, 0.25) is 5.02 Å². The van der Waals surface area contributed by atoms with E-state index in [4.69, 9.17) is 22.1 Å². The van der Waals surface area contributed by atoms with Crippen molar-refractivity contribution in [2.45, 2.75) is 58.9 Å². The lowest BCUT2D eigenvalue weighted by Crippen LogP contribution is -2.22. The summed E-state index contributed by atoms with van der Waals surface area (Å²) in [6.07, 6.45) is 2.87. The lowest BCUT2D eigenvalue weighted by Gasteiger charge is -2.19. The lowest BCUT2D eigenvalue weighted by molar-refractivity contribution is 0.335. The van der Waals surface area contributed by atoms with Gasteiger partial charge in [0.2, 0.25) is 0 Å². The first kappa shape index (κ1) is 19.6. The van der Waals surface area contributed by atoms with Gasteiger partial charge in [-0.05, 0) is 49.3 Å². The van der Waals surface area contributed by atoms with Gasteiger partial charge in [0.05, 0.1) is 11.6 Å². The van der Waals surface area contributed by atoms with Gasteiger partial charge in [0.25, 0.3) is 0 Å². The van der Waals surface area contributed by atoms with E-state index in [-0.39, 0.29) is 18.4 Å². The van der Waals surface area contributed by atoms with E-state index in [1.165, 1.54) is 5.56 Å². The normalized spacial score (nSPS) is 13.5. The average Bonchev–Trinajstić information content (AvgIpc) is 2.41. The smallest absolute Gasteiger partial charge is 0.141 e. The summed E-state index contributed by atoms with van der Waals surface area (Å²) in [5, 5.41) is 0.706. The van der Waals surface area contributed by atoms with Crippen molar-refractivity contribution in [3.63, 3.8) is 0 Å². The van der Waals surface area contributed by atoms with Crippen molar-refractivity contribution in [1.82, 2.24) is 0 Å². The molecule has 0 aromatic heterocycles. The summed E-state index contributed by atoms with van der Waals surface area (Å²) in [5.74, 6) is 1.31. The Labute approximate surface area is 134 Å². The van der Waals surface area contributed by atoms with Crippen LogP contribution in [0.4, 0.5) is 0 Å². The molecule has 0 bridgehead atoms. The molecule has 2 N–H and O–H groups in total. The van der Waals surface area contributed by atoms with E-state index >= 15 is 0 Å². The average molecular weight is 320 g/mol. The van der Waals surface area contributed by atoms with Crippen LogP contribution < -0.4 is 10.5 Å². The van der Waals surface area contributed by atoms with E-state index in [9.17, 15) is 0 Å². The second-order valence-corrected chi connectivity index (χ2v) is 5.51. The minimum Gasteiger partial charge on any atom is -0.492 e. The highest BCUT2D eigenvalue weighted by molar-refractivity contribution is 6.32. The molecular weight excluding hydrogens is 293 g/mol. The molecule has 0 saturated heterocycles. The third-order valence-electron chi connectivity index (χ3n) is 3.62. The van der Waals surface area contributed by atoms with Crippen molar-refractivity contribution in [3.8, 4) is 5.75 Å². The minimum atomic E-state index is 0. The van der Waals surface area contributed by atoms with E-state index in [2.05, 4.69) is 26.8 Å². The fourth-order valence-electron chi connectivity index (χ4n) is 2.08. The first-order chi connectivity index (χ1) is 9.03. The molecule has 0 aliphatic heterocycles. The maximum absolute atomic E-state index is 6.38. The van der Waals surface area contributed by atoms with Crippen LogP contribution in [-0.2, 0) is 6.42 Å². The van der Waals surface area contributed by atoms with Crippen LogP contribution in [0, 0.1) is 0 Å². The van der Waals surface area contributed by atoms with Gasteiger partial charge in [-0.3, -0.25) is 0 Å². The van der Waals surface area contributed by atoms with Crippen molar-refractivity contribution < 1.29 is 4.74 Å². The van der Waals surface area contributed by atoms with Crippen LogP contribution in [0.3, 0.4) is 0 Å². The van der Waals surface area contributed by atoms with E-state index in [1.807, 2.05) is 13.0 Å². The van der Waals surface area contributed by atoms with Crippen LogP contribution in [0.25, 0.3) is 0 Å². The summed E-state index contributed by atoms with van der Waals surface area (Å²) >= 11 is 6.38. The number of halogens is 2. The van der Waals surface area contributed by atoms with Crippen LogP contribution in [0.5, 0.6) is 5.75 Å². The van der Waals surface area contributed by atoms with Crippen LogP contribution in [0.1, 0.15) is 57.6 Å². The second-order valence-electron chi connectivity index (χ2n) is 5.11. The van der Waals surface area contributed by atoms with E-state index in [0.29, 0.717) is 17.5 Å². The quantitative estimate of drug-likeness (QED) is 0.771. The number of ether oxygens (including phenoxy) is 1. The van der Waals surface area contributed by atoms with Gasteiger partial charge in [-0.1, -0.05) is 38.4 Å². The Kier molecular flexibility index (Phi) is 9.28. The zero-order valence-corrected chi connectivity index (χ0v) is 14.5. The minimum absolute atomic E-state index is 0. The Morgan fingerprint density at radius 2 is 1.85 bits per heavy atom. The van der Waals surface area contributed by atoms with Crippen molar-refractivity contribution in [2.75, 3.05) is 6.61 Å². The molecule has 2 atom stereocenters. The molecule has 0 aliphatic carbocycles. The summed E-state index contributed by atoms with van der Waals surface area (Å²) in [7, 11) is 0. The molecule has 4 heteroatoms. The Morgan fingerprint density at radius 1 is 1.20 bits per heavy atom. The third kappa shape index (κ3) is 5.16. The number of hydrogen-bond donors (Lipinski definition) is 1. The van der Waals surface area contributed by atoms with Crippen LogP contribution in [0.15, 0.2) is 12.1 Å². The van der Waals surface area contributed by atoms with Crippen molar-refractivity contribution in [1.29, 1.82) is 0 Å². The molecule has 0 amide bonds. The lowest BCUT2D eigenvalue weighted by atomic mass is 9.94. The highest BCUT2D eigenvalue weighted by atomic mass is 35.5. The molecule has 2 unspecified atom stereocenters. The highest BCUT2D eigenvalue weighted by Gasteiger charge is 2.15. The summed E-state index contributed by atoms with van der Waals surface area (Å²) in [6.45, 7) is 9.10. The Morgan fingerprint density at radius 3 is 2.35 bits per heavy atom. The molecule has 1 aromatic carbocycles. The van der Waals surface area contributed by atoms with Crippen LogP contribution in [-0.4, -0.2) is 12.6 Å². The molecule has 0 heterocycles. The molecular formula is C16H27Cl2NO. The number of hydrogen-bond acceptors (Lipinski definition) is 2. The van der Waals surface area contributed by atoms with Gasteiger partial charge in [0, 0.05) is 6.04 Å². The summed E-state index contributed by atoms with van der Waals surface area (Å²) < 4.78 is 5.69. The van der Waals surface area contributed by atoms with Crippen molar-refractivity contribution in [3.05, 3.63) is 28.3 Å². The van der Waals surface area contributed by atoms with Gasteiger partial charge in [-0.25, -0.2) is 0 Å². The maximum Gasteiger partial charge on any atom is 0.141 e. The zero-order chi connectivity index (χ0) is 14.4. The first-order valence-electron chi connectivity index (χ1n) is 7.24. The van der Waals surface area contributed by atoms with E-state index < -0.39 is 0 Å². The molecule has 2 nitrogen and oxygen atoms in total. The van der Waals surface area contributed by atoms with Crippen molar-refractivity contribution in [2.24, 2.45) is 5.73 Å². The standard InChI is InChI=1S/C16H26ClNO.ClH/c1-5-11(4)12-8-13(9-14(18)6-2)16(19-7-3)15(17)10-12;/h8,10-11,14H,5-7,9,18H2,1-4H3;1H. The van der Waals surface area contributed by atoms with Gasteiger partial charge in [-0.2, -0.15) is 0 Å². The van der Waals surface area contributed by atoms with Gasteiger partial charge < -0.3 is 10.5 Å². The topological polar surface area (TPSA) is 35.2 Å². The summed E-state index contributed by atoms with van der Waals surface area (Å²) in [4.78, 5) is 0. The number of nitrogens with two attached hydrogens (primary N) is 1.